The Morgan fingerprint density at radius 2 is 2.07 bits per heavy atom. The lowest BCUT2D eigenvalue weighted by molar-refractivity contribution is 0.619. The van der Waals surface area contributed by atoms with Crippen LogP contribution in [0.1, 0.15) is 6.92 Å². The van der Waals surface area contributed by atoms with E-state index < -0.39 is 0 Å². The van der Waals surface area contributed by atoms with Gasteiger partial charge in [-0.05, 0) is 19.1 Å². The van der Waals surface area contributed by atoms with E-state index in [1.54, 1.807) is 11.3 Å². The molecule has 3 nitrogen and oxygen atoms in total. The Labute approximate surface area is 93.1 Å². The molecule has 1 aromatic heterocycles. The molecule has 0 amide bonds. The molecule has 1 heterocycles. The average Bonchev–Trinajstić information content (AvgIpc) is 2.59. The third-order valence-corrected chi connectivity index (χ3v) is 3.12. The highest BCUT2D eigenvalue weighted by molar-refractivity contribution is 7.22. The van der Waals surface area contributed by atoms with E-state index >= 15 is 0 Å². The second kappa shape index (κ2) is 3.98. The van der Waals surface area contributed by atoms with Crippen LogP contribution < -0.4 is 0 Å². The fourth-order valence-corrected chi connectivity index (χ4v) is 2.03. The minimum Gasteiger partial charge on any atom is -0.366 e. The topological polar surface area (TPSA) is 28.5 Å². The number of aliphatic imine (C=N–C) groups is 1. The maximum absolute atomic E-state index is 4.45. The van der Waals surface area contributed by atoms with Gasteiger partial charge in [-0.25, -0.2) is 9.98 Å². The van der Waals surface area contributed by atoms with Crippen molar-refractivity contribution in [1.82, 2.24) is 9.88 Å². The first-order valence-electron chi connectivity index (χ1n) is 4.75. The van der Waals surface area contributed by atoms with Gasteiger partial charge in [-0.15, -0.1) is 0 Å². The summed E-state index contributed by atoms with van der Waals surface area (Å²) in [5, 5.41) is 0.822. The van der Waals surface area contributed by atoms with Crippen molar-refractivity contribution in [2.75, 3.05) is 14.1 Å². The van der Waals surface area contributed by atoms with Gasteiger partial charge in [0.25, 0.3) is 0 Å². The van der Waals surface area contributed by atoms with Gasteiger partial charge in [0.1, 0.15) is 5.84 Å². The molecule has 0 saturated carbocycles. The van der Waals surface area contributed by atoms with Gasteiger partial charge in [-0.3, -0.25) is 0 Å². The van der Waals surface area contributed by atoms with Crippen LogP contribution in [0.25, 0.3) is 10.2 Å². The minimum atomic E-state index is 0.822. The second-order valence-electron chi connectivity index (χ2n) is 3.52. The Balaban J connectivity index is 2.41. The standard InChI is InChI=1S/C11H13N3S/c1-8(14(2)3)12-11-13-9-6-4-5-7-10(9)15-11/h4-7H,1-3H3/b12-8+. The first-order chi connectivity index (χ1) is 7.16. The molecule has 0 aliphatic rings. The van der Waals surface area contributed by atoms with E-state index in [1.165, 1.54) is 4.70 Å². The summed E-state index contributed by atoms with van der Waals surface area (Å²) in [6.07, 6.45) is 0. The van der Waals surface area contributed by atoms with Gasteiger partial charge in [0.15, 0.2) is 0 Å². The third kappa shape index (κ3) is 2.15. The van der Waals surface area contributed by atoms with Crippen molar-refractivity contribution in [3.63, 3.8) is 0 Å². The van der Waals surface area contributed by atoms with Gasteiger partial charge in [-0.2, -0.15) is 0 Å². The fourth-order valence-electron chi connectivity index (χ4n) is 1.15. The quantitative estimate of drug-likeness (QED) is 0.545. The molecule has 0 N–H and O–H groups in total. The molecule has 0 spiro atoms. The van der Waals surface area contributed by atoms with Crippen LogP contribution in [-0.4, -0.2) is 29.8 Å². The lowest BCUT2D eigenvalue weighted by Crippen LogP contribution is -2.17. The van der Waals surface area contributed by atoms with E-state index in [9.17, 15) is 0 Å². The molecule has 0 atom stereocenters. The molecule has 78 valence electrons. The zero-order valence-corrected chi connectivity index (χ0v) is 9.88. The summed E-state index contributed by atoms with van der Waals surface area (Å²) in [5.41, 5.74) is 1.02. The molecule has 0 bridgehead atoms. The molecular formula is C11H13N3S. The zero-order chi connectivity index (χ0) is 10.8. The normalized spacial score (nSPS) is 12.1. The van der Waals surface area contributed by atoms with Crippen LogP contribution in [0.4, 0.5) is 5.13 Å². The molecule has 0 saturated heterocycles. The number of benzene rings is 1. The highest BCUT2D eigenvalue weighted by Crippen LogP contribution is 2.27. The van der Waals surface area contributed by atoms with Gasteiger partial charge in [0.05, 0.1) is 10.2 Å². The van der Waals surface area contributed by atoms with Gasteiger partial charge in [-0.1, -0.05) is 23.5 Å². The molecule has 2 rings (SSSR count). The summed E-state index contributed by atoms with van der Waals surface area (Å²) in [6.45, 7) is 1.98. The van der Waals surface area contributed by atoms with Crippen molar-refractivity contribution in [3.05, 3.63) is 24.3 Å². The maximum Gasteiger partial charge on any atom is 0.211 e. The predicted molar refractivity (Wildman–Crippen MR) is 66.1 cm³/mol. The minimum absolute atomic E-state index is 0.822. The van der Waals surface area contributed by atoms with E-state index in [-0.39, 0.29) is 0 Å². The Hall–Kier alpha value is -1.42. The Kier molecular flexibility index (Phi) is 2.68. The molecule has 0 aliphatic carbocycles. The van der Waals surface area contributed by atoms with Crippen molar-refractivity contribution < 1.29 is 0 Å². The number of aromatic nitrogens is 1. The van der Waals surface area contributed by atoms with Crippen LogP contribution in [-0.2, 0) is 0 Å². The van der Waals surface area contributed by atoms with Crippen molar-refractivity contribution in [2.45, 2.75) is 6.92 Å². The summed E-state index contributed by atoms with van der Waals surface area (Å²) >= 11 is 1.62. The largest absolute Gasteiger partial charge is 0.366 e. The van der Waals surface area contributed by atoms with E-state index in [2.05, 4.69) is 16.0 Å². The summed E-state index contributed by atoms with van der Waals surface area (Å²) in [4.78, 5) is 10.9. The first kappa shape index (κ1) is 10.1. The lowest BCUT2D eigenvalue weighted by atomic mass is 10.3. The van der Waals surface area contributed by atoms with E-state index in [1.807, 2.05) is 44.1 Å². The summed E-state index contributed by atoms with van der Waals surface area (Å²) in [6, 6.07) is 8.09. The number of hydrogen-bond acceptors (Lipinski definition) is 3. The average molecular weight is 219 g/mol. The molecule has 0 unspecified atom stereocenters. The molecule has 2 aromatic rings. The predicted octanol–water partition coefficient (Wildman–Crippen LogP) is 2.91. The maximum atomic E-state index is 4.45. The Morgan fingerprint density at radius 1 is 1.33 bits per heavy atom. The van der Waals surface area contributed by atoms with Crippen molar-refractivity contribution in [1.29, 1.82) is 0 Å². The highest BCUT2D eigenvalue weighted by atomic mass is 32.1. The van der Waals surface area contributed by atoms with Gasteiger partial charge in [0, 0.05) is 14.1 Å². The number of nitrogens with zero attached hydrogens (tertiary/aromatic N) is 3. The van der Waals surface area contributed by atoms with Gasteiger partial charge in [0.2, 0.25) is 5.13 Å². The smallest absolute Gasteiger partial charge is 0.211 e. The number of fused-ring (bicyclic) bond motifs is 1. The Morgan fingerprint density at radius 3 is 2.73 bits per heavy atom. The van der Waals surface area contributed by atoms with Crippen LogP contribution >= 0.6 is 11.3 Å². The molecule has 0 aliphatic heterocycles. The fraction of sp³-hybridized carbons (Fsp3) is 0.273. The molecular weight excluding hydrogens is 206 g/mol. The number of amidine groups is 1. The number of thiazole rings is 1. The third-order valence-electron chi connectivity index (χ3n) is 2.19. The van der Waals surface area contributed by atoms with Crippen LogP contribution in [0.5, 0.6) is 0 Å². The lowest BCUT2D eigenvalue weighted by Gasteiger charge is -2.09. The number of rotatable bonds is 1. The zero-order valence-electron chi connectivity index (χ0n) is 9.06. The van der Waals surface area contributed by atoms with Crippen molar-refractivity contribution >= 4 is 32.5 Å². The summed E-state index contributed by atoms with van der Waals surface area (Å²) < 4.78 is 1.18. The highest BCUT2D eigenvalue weighted by Gasteiger charge is 2.02. The van der Waals surface area contributed by atoms with E-state index in [0.717, 1.165) is 16.5 Å². The number of para-hydroxylation sites is 1. The van der Waals surface area contributed by atoms with Gasteiger partial charge >= 0.3 is 0 Å². The molecule has 4 heteroatoms. The molecule has 1 aromatic carbocycles. The van der Waals surface area contributed by atoms with Gasteiger partial charge < -0.3 is 4.90 Å². The van der Waals surface area contributed by atoms with Crippen molar-refractivity contribution in [2.24, 2.45) is 4.99 Å². The monoisotopic (exact) mass is 219 g/mol. The second-order valence-corrected chi connectivity index (χ2v) is 4.53. The molecule has 0 fully saturated rings. The number of hydrogen-bond donors (Lipinski definition) is 0. The SMILES string of the molecule is C/C(=N\c1nc2ccccc2s1)N(C)C. The van der Waals surface area contributed by atoms with Crippen LogP contribution in [0.3, 0.4) is 0 Å². The first-order valence-corrected chi connectivity index (χ1v) is 5.56. The van der Waals surface area contributed by atoms with Crippen LogP contribution in [0.2, 0.25) is 0 Å². The van der Waals surface area contributed by atoms with Crippen molar-refractivity contribution in [3.8, 4) is 0 Å². The summed E-state index contributed by atoms with van der Waals surface area (Å²) in [7, 11) is 3.96. The van der Waals surface area contributed by atoms with Crippen LogP contribution in [0.15, 0.2) is 29.3 Å². The van der Waals surface area contributed by atoms with E-state index in [4.69, 9.17) is 0 Å². The van der Waals surface area contributed by atoms with Crippen LogP contribution in [0, 0.1) is 0 Å². The Bertz CT molecular complexity index is 466. The summed E-state index contributed by atoms with van der Waals surface area (Å²) in [5.74, 6) is 0.967. The molecule has 0 radical (unpaired) electrons. The molecule has 15 heavy (non-hydrogen) atoms. The van der Waals surface area contributed by atoms with E-state index in [0.29, 0.717) is 0 Å².